The molecule has 1 atom stereocenters. The maximum absolute atomic E-state index is 12.6. The first-order valence-corrected chi connectivity index (χ1v) is 12.5. The molecule has 0 aliphatic carbocycles. The van der Waals surface area contributed by atoms with Crippen molar-refractivity contribution in [3.63, 3.8) is 0 Å². The van der Waals surface area contributed by atoms with Crippen molar-refractivity contribution in [2.75, 3.05) is 21.2 Å². The Balaban J connectivity index is 1.48. The Bertz CT molecular complexity index is 1670. The molecule has 12 nitrogen and oxygen atoms in total. The van der Waals surface area contributed by atoms with Gasteiger partial charge >= 0.3 is 0 Å². The van der Waals surface area contributed by atoms with Crippen molar-refractivity contribution in [3.8, 4) is 11.4 Å². The number of hydrogen-bond donors (Lipinski definition) is 1. The molecule has 3 aromatic heterocycles. The highest BCUT2D eigenvalue weighted by atomic mass is 16.5. The number of carbonyl (C=O) groups excluding carboxylic acids is 1. The fourth-order valence-corrected chi connectivity index (χ4v) is 4.66. The molecule has 0 bridgehead atoms. The van der Waals surface area contributed by atoms with E-state index < -0.39 is 11.9 Å². The number of tetrazole rings is 1. The monoisotopic (exact) mass is 539 g/mol. The van der Waals surface area contributed by atoms with Gasteiger partial charge in [-0.25, -0.2) is 4.68 Å². The van der Waals surface area contributed by atoms with E-state index in [1.165, 1.54) is 12.4 Å². The van der Waals surface area contributed by atoms with Crippen molar-refractivity contribution in [1.29, 1.82) is 0 Å². The van der Waals surface area contributed by atoms with Gasteiger partial charge in [-0.05, 0) is 59.9 Å². The van der Waals surface area contributed by atoms with Crippen LogP contribution in [0.3, 0.4) is 0 Å². The number of hydrogen-bond acceptors (Lipinski definition) is 8. The van der Waals surface area contributed by atoms with Gasteiger partial charge < -0.3 is 15.0 Å². The van der Waals surface area contributed by atoms with Crippen molar-refractivity contribution in [1.82, 2.24) is 39.5 Å². The largest absolute Gasteiger partial charge is 0.497 e. The van der Waals surface area contributed by atoms with Gasteiger partial charge in [0, 0.05) is 24.0 Å². The molecule has 2 aromatic carbocycles. The number of nitrogens with zero attached hydrogens (tertiary/aromatic N) is 8. The number of carbonyl (C=O) groups is 1. The summed E-state index contributed by atoms with van der Waals surface area (Å²) in [5.41, 5.74) is 10.1. The van der Waals surface area contributed by atoms with E-state index in [9.17, 15) is 9.59 Å². The Hall–Kier alpha value is -5.10. The van der Waals surface area contributed by atoms with E-state index in [2.05, 4.69) is 15.5 Å². The first kappa shape index (κ1) is 26.5. The zero-order chi connectivity index (χ0) is 28.2. The van der Waals surface area contributed by atoms with Crippen molar-refractivity contribution < 1.29 is 9.53 Å². The summed E-state index contributed by atoms with van der Waals surface area (Å²) < 4.78 is 10.4. The molecule has 1 amide bonds. The highest BCUT2D eigenvalue weighted by molar-refractivity contribution is 5.94. The Labute approximate surface area is 230 Å². The predicted octanol–water partition coefficient (Wildman–Crippen LogP) is 1.88. The van der Waals surface area contributed by atoms with Crippen LogP contribution < -0.4 is 16.0 Å². The number of amides is 1. The molecular formula is C28H29N9O3. The second-order valence-corrected chi connectivity index (χ2v) is 9.52. The first-order valence-electron chi connectivity index (χ1n) is 12.5. The molecule has 204 valence electrons. The van der Waals surface area contributed by atoms with E-state index in [1.807, 2.05) is 67.5 Å². The molecule has 0 radical (unpaired) electrons. The van der Waals surface area contributed by atoms with Gasteiger partial charge in [-0.3, -0.25) is 19.2 Å². The number of rotatable bonds is 10. The Kier molecular flexibility index (Phi) is 7.51. The minimum atomic E-state index is -0.580. The second kappa shape index (κ2) is 11.3. The van der Waals surface area contributed by atoms with E-state index in [0.717, 1.165) is 16.7 Å². The molecule has 1 unspecified atom stereocenters. The fraction of sp³-hybridized carbons (Fsp3) is 0.214. The molecule has 0 aliphatic heterocycles. The number of ether oxygens (including phenoxy) is 1. The highest BCUT2D eigenvalue weighted by Crippen LogP contribution is 2.34. The topological polar surface area (TPSA) is 139 Å². The summed E-state index contributed by atoms with van der Waals surface area (Å²) in [7, 11) is 5.38. The number of nitrogens with two attached hydrogens (primary N) is 1. The molecule has 5 aromatic rings. The van der Waals surface area contributed by atoms with Crippen molar-refractivity contribution in [3.05, 3.63) is 118 Å². The van der Waals surface area contributed by atoms with E-state index in [1.54, 1.807) is 39.5 Å². The van der Waals surface area contributed by atoms with Gasteiger partial charge in [-0.2, -0.15) is 5.10 Å². The predicted molar refractivity (Wildman–Crippen MR) is 147 cm³/mol. The summed E-state index contributed by atoms with van der Waals surface area (Å²) in [6, 6.07) is 18.1. The first-order chi connectivity index (χ1) is 19.3. The van der Waals surface area contributed by atoms with Gasteiger partial charge in [0.05, 0.1) is 43.2 Å². The highest BCUT2D eigenvalue weighted by Gasteiger charge is 2.29. The van der Waals surface area contributed by atoms with Gasteiger partial charge in [-0.1, -0.05) is 30.3 Å². The van der Waals surface area contributed by atoms with Crippen LogP contribution in [0.25, 0.3) is 5.69 Å². The molecular weight excluding hydrogens is 510 g/mol. The number of aromatic nitrogens is 7. The lowest BCUT2D eigenvalue weighted by atomic mass is 9.97. The third kappa shape index (κ3) is 5.52. The van der Waals surface area contributed by atoms with Gasteiger partial charge in [-0.15, -0.1) is 5.10 Å². The maximum Gasteiger partial charge on any atom is 0.252 e. The molecule has 0 saturated heterocycles. The smallest absolute Gasteiger partial charge is 0.252 e. The molecule has 0 aliphatic rings. The normalized spacial score (nSPS) is 12.0. The van der Waals surface area contributed by atoms with Crippen LogP contribution in [-0.2, 0) is 13.1 Å². The zero-order valence-corrected chi connectivity index (χ0v) is 22.4. The van der Waals surface area contributed by atoms with Crippen LogP contribution in [0.1, 0.15) is 38.8 Å². The number of methoxy groups -OCH3 is 1. The average molecular weight is 540 g/mol. The van der Waals surface area contributed by atoms with Gasteiger partial charge in [0.25, 0.3) is 11.5 Å². The number of benzene rings is 2. The van der Waals surface area contributed by atoms with Gasteiger partial charge in [0.15, 0.2) is 0 Å². The average Bonchev–Trinajstić information content (AvgIpc) is 3.62. The summed E-state index contributed by atoms with van der Waals surface area (Å²) in [4.78, 5) is 26.6. The molecule has 0 spiro atoms. The molecule has 0 saturated carbocycles. The fourth-order valence-electron chi connectivity index (χ4n) is 4.66. The Morgan fingerprint density at radius 3 is 2.42 bits per heavy atom. The zero-order valence-electron chi connectivity index (χ0n) is 22.4. The van der Waals surface area contributed by atoms with Crippen LogP contribution >= 0.6 is 0 Å². The molecule has 2 N–H and O–H groups in total. The van der Waals surface area contributed by atoms with Gasteiger partial charge in [0.1, 0.15) is 12.1 Å². The summed E-state index contributed by atoms with van der Waals surface area (Å²) >= 11 is 0. The van der Waals surface area contributed by atoms with Crippen LogP contribution in [0.2, 0.25) is 0 Å². The Morgan fingerprint density at radius 1 is 1.05 bits per heavy atom. The van der Waals surface area contributed by atoms with E-state index in [4.69, 9.17) is 15.6 Å². The standard InChI is InChI=1S/C28H29N9O3/c1-34(2)27(22-14-21(40-3)11-12-24(22)37-18-30-32-33-37)26-23(28(29)39)17-36(31-26)16-20-9-7-19(8-10-20)15-35-13-5-4-6-25(35)38/h4-14,17-18,27H,15-16H2,1-3H3,(H2,29,39). The van der Waals surface area contributed by atoms with Crippen molar-refractivity contribution in [2.24, 2.45) is 5.73 Å². The van der Waals surface area contributed by atoms with Crippen molar-refractivity contribution in [2.45, 2.75) is 19.1 Å². The summed E-state index contributed by atoms with van der Waals surface area (Å²) in [6.07, 6.45) is 4.94. The van der Waals surface area contributed by atoms with Crippen molar-refractivity contribution >= 4 is 5.91 Å². The molecule has 0 fully saturated rings. The minimum Gasteiger partial charge on any atom is -0.497 e. The summed E-state index contributed by atoms with van der Waals surface area (Å²) in [5.74, 6) is 0.0557. The summed E-state index contributed by atoms with van der Waals surface area (Å²) in [5, 5.41) is 16.4. The maximum atomic E-state index is 12.6. The Morgan fingerprint density at radius 2 is 1.80 bits per heavy atom. The minimum absolute atomic E-state index is 0.0515. The number of primary amides is 1. The number of pyridine rings is 1. The van der Waals surface area contributed by atoms with Crippen LogP contribution in [0.15, 0.2) is 84.2 Å². The molecule has 12 heteroatoms. The van der Waals surface area contributed by atoms with Crippen LogP contribution in [-0.4, -0.2) is 66.6 Å². The molecule has 5 rings (SSSR count). The van der Waals surface area contributed by atoms with E-state index in [-0.39, 0.29) is 5.56 Å². The second-order valence-electron chi connectivity index (χ2n) is 9.52. The van der Waals surface area contributed by atoms with Crippen LogP contribution in [0.5, 0.6) is 5.75 Å². The van der Waals surface area contributed by atoms with Crippen LogP contribution in [0, 0.1) is 0 Å². The third-order valence-electron chi connectivity index (χ3n) is 6.58. The lowest BCUT2D eigenvalue weighted by Gasteiger charge is -2.26. The SMILES string of the molecule is COc1ccc(-n2cnnn2)c(C(c2nn(Cc3ccc(Cn4ccccc4=O)cc3)cc2C(N)=O)N(C)C)c1. The van der Waals surface area contributed by atoms with Crippen LogP contribution in [0.4, 0.5) is 0 Å². The third-order valence-corrected chi connectivity index (χ3v) is 6.58. The molecule has 40 heavy (non-hydrogen) atoms. The van der Waals surface area contributed by atoms with E-state index in [0.29, 0.717) is 35.8 Å². The van der Waals surface area contributed by atoms with E-state index >= 15 is 0 Å². The quantitative estimate of drug-likeness (QED) is 0.284. The lowest BCUT2D eigenvalue weighted by Crippen LogP contribution is -2.26. The summed E-state index contributed by atoms with van der Waals surface area (Å²) in [6.45, 7) is 0.899. The molecule has 3 heterocycles. The lowest BCUT2D eigenvalue weighted by molar-refractivity contribution is 0.0998. The van der Waals surface area contributed by atoms with Gasteiger partial charge in [0.2, 0.25) is 0 Å².